The number of nitroso groups, excluding NO2 is 1. The lowest BCUT2D eigenvalue weighted by Gasteiger charge is -2.38. The van der Waals surface area contributed by atoms with Gasteiger partial charge in [0, 0.05) is 32.7 Å². The second-order valence-corrected chi connectivity index (χ2v) is 5.99. The van der Waals surface area contributed by atoms with Crippen LogP contribution in [0.3, 0.4) is 0 Å². The van der Waals surface area contributed by atoms with Crippen molar-refractivity contribution >= 4 is 17.3 Å². The maximum atomic E-state index is 11.3. The van der Waals surface area contributed by atoms with Crippen molar-refractivity contribution in [3.8, 4) is 5.75 Å². The van der Waals surface area contributed by atoms with Crippen LogP contribution in [-0.2, 0) is 0 Å². The lowest BCUT2D eigenvalue weighted by Crippen LogP contribution is -2.52. The maximum absolute atomic E-state index is 11.3. The van der Waals surface area contributed by atoms with E-state index in [9.17, 15) is 4.91 Å². The molecule has 3 rings (SSSR count). The Hall–Kier alpha value is -1.37. The summed E-state index contributed by atoms with van der Waals surface area (Å²) in [5.41, 5.74) is 0.655. The quantitative estimate of drug-likeness (QED) is 0.797. The van der Waals surface area contributed by atoms with E-state index in [0.29, 0.717) is 23.1 Å². The van der Waals surface area contributed by atoms with Crippen LogP contribution in [0.4, 0.5) is 5.69 Å². The monoisotopic (exact) mass is 310 g/mol. The molecule has 0 N–H and O–H groups in total. The Morgan fingerprint density at radius 2 is 2.10 bits per heavy atom. The Balaban J connectivity index is 1.74. The minimum atomic E-state index is -0.0723. The van der Waals surface area contributed by atoms with Crippen molar-refractivity contribution in [2.75, 3.05) is 51.4 Å². The third kappa shape index (κ3) is 2.97. The minimum absolute atomic E-state index is 0.0723. The average Bonchev–Trinajstić information content (AvgIpc) is 2.49. The van der Waals surface area contributed by atoms with Gasteiger partial charge in [0.25, 0.3) is 0 Å². The van der Waals surface area contributed by atoms with Gasteiger partial charge in [-0.25, -0.2) is 5.01 Å². The van der Waals surface area contributed by atoms with Crippen LogP contribution in [0.5, 0.6) is 5.75 Å². The molecular weight excluding hydrogens is 292 g/mol. The van der Waals surface area contributed by atoms with Crippen LogP contribution in [0.15, 0.2) is 23.5 Å². The molecule has 7 heteroatoms. The molecule has 114 valence electrons. The summed E-state index contributed by atoms with van der Waals surface area (Å²) in [6.45, 7) is 5.29. The standard InChI is InChI=1S/C14H19ClN4O2/c1-17-5-7-18(8-6-17)9-11-10-21-14-12(15)3-2-4-13(14)19(11)16-20/h2-4,11H,5-10H2,1H3. The molecule has 21 heavy (non-hydrogen) atoms. The zero-order valence-electron chi connectivity index (χ0n) is 12.0. The highest BCUT2D eigenvalue weighted by Crippen LogP contribution is 2.39. The number of hydrogen-bond acceptors (Lipinski definition) is 5. The highest BCUT2D eigenvalue weighted by atomic mass is 35.5. The number of piperazine rings is 1. The molecule has 6 nitrogen and oxygen atoms in total. The SMILES string of the molecule is CN1CCN(CC2COc3c(Cl)cccc3N2N=O)CC1. The summed E-state index contributed by atoms with van der Waals surface area (Å²) in [7, 11) is 2.12. The molecule has 1 saturated heterocycles. The molecule has 2 aliphatic heterocycles. The van der Waals surface area contributed by atoms with Gasteiger partial charge in [-0.05, 0) is 19.2 Å². The number of likely N-dealkylation sites (N-methyl/N-ethyl adjacent to an activating group) is 1. The fourth-order valence-corrected chi connectivity index (χ4v) is 3.06. The van der Waals surface area contributed by atoms with Crippen molar-refractivity contribution in [1.82, 2.24) is 9.80 Å². The van der Waals surface area contributed by atoms with Gasteiger partial charge in [-0.1, -0.05) is 17.7 Å². The Morgan fingerprint density at radius 3 is 2.81 bits per heavy atom. The summed E-state index contributed by atoms with van der Waals surface area (Å²) in [5.74, 6) is 0.549. The molecule has 1 atom stereocenters. The van der Waals surface area contributed by atoms with Crippen LogP contribution in [-0.4, -0.2) is 62.2 Å². The minimum Gasteiger partial charge on any atom is -0.487 e. The number of nitrogens with zero attached hydrogens (tertiary/aromatic N) is 4. The zero-order chi connectivity index (χ0) is 14.8. The average molecular weight is 311 g/mol. The van der Waals surface area contributed by atoms with Crippen LogP contribution < -0.4 is 9.75 Å². The van der Waals surface area contributed by atoms with Gasteiger partial charge in [0.15, 0.2) is 5.75 Å². The van der Waals surface area contributed by atoms with E-state index in [1.165, 1.54) is 5.01 Å². The zero-order valence-corrected chi connectivity index (χ0v) is 12.8. The maximum Gasteiger partial charge on any atom is 0.163 e. The number of rotatable bonds is 3. The van der Waals surface area contributed by atoms with E-state index in [4.69, 9.17) is 16.3 Å². The second-order valence-electron chi connectivity index (χ2n) is 5.58. The molecule has 2 aliphatic rings. The van der Waals surface area contributed by atoms with Crippen LogP contribution in [0.2, 0.25) is 5.02 Å². The summed E-state index contributed by atoms with van der Waals surface area (Å²) in [5, 5.41) is 5.22. The van der Waals surface area contributed by atoms with Crippen molar-refractivity contribution < 1.29 is 4.74 Å². The van der Waals surface area contributed by atoms with Gasteiger partial charge in [0.2, 0.25) is 0 Å². The van der Waals surface area contributed by atoms with Gasteiger partial charge >= 0.3 is 0 Å². The normalized spacial score (nSPS) is 23.5. The smallest absolute Gasteiger partial charge is 0.163 e. The fraction of sp³-hybridized carbons (Fsp3) is 0.571. The summed E-state index contributed by atoms with van der Waals surface area (Å²) >= 11 is 6.11. The summed E-state index contributed by atoms with van der Waals surface area (Å²) in [4.78, 5) is 15.9. The van der Waals surface area contributed by atoms with Gasteiger partial charge in [0.05, 0.1) is 10.3 Å². The first-order valence-electron chi connectivity index (χ1n) is 7.14. The molecule has 1 unspecified atom stereocenters. The fourth-order valence-electron chi connectivity index (χ4n) is 2.84. The van der Waals surface area contributed by atoms with E-state index >= 15 is 0 Å². The molecule has 0 amide bonds. The Morgan fingerprint density at radius 1 is 1.33 bits per heavy atom. The Bertz CT molecular complexity index is 520. The highest BCUT2D eigenvalue weighted by Gasteiger charge is 2.32. The van der Waals surface area contributed by atoms with Gasteiger partial charge in [-0.3, -0.25) is 4.90 Å². The molecule has 0 aromatic heterocycles. The van der Waals surface area contributed by atoms with Crippen molar-refractivity contribution in [3.05, 3.63) is 28.1 Å². The molecule has 2 heterocycles. The van der Waals surface area contributed by atoms with Crippen LogP contribution >= 0.6 is 11.6 Å². The summed E-state index contributed by atoms with van der Waals surface area (Å²) in [6.07, 6.45) is 0. The first kappa shape index (κ1) is 14.6. The van der Waals surface area contributed by atoms with E-state index in [0.717, 1.165) is 32.7 Å². The van der Waals surface area contributed by atoms with E-state index in [-0.39, 0.29) is 6.04 Å². The molecule has 0 spiro atoms. The van der Waals surface area contributed by atoms with E-state index in [1.807, 2.05) is 6.07 Å². The van der Waals surface area contributed by atoms with Gasteiger partial charge < -0.3 is 9.64 Å². The number of benzene rings is 1. The summed E-state index contributed by atoms with van der Waals surface area (Å²) in [6, 6.07) is 5.31. The molecule has 0 saturated carbocycles. The van der Waals surface area contributed by atoms with Crippen molar-refractivity contribution in [3.63, 3.8) is 0 Å². The largest absolute Gasteiger partial charge is 0.487 e. The number of anilines is 1. The summed E-state index contributed by atoms with van der Waals surface area (Å²) < 4.78 is 5.75. The van der Waals surface area contributed by atoms with Crippen molar-refractivity contribution in [1.29, 1.82) is 0 Å². The van der Waals surface area contributed by atoms with E-state index in [1.54, 1.807) is 12.1 Å². The first-order chi connectivity index (χ1) is 10.2. The van der Waals surface area contributed by atoms with Gasteiger partial charge in [0.1, 0.15) is 18.3 Å². The Labute approximate surface area is 129 Å². The topological polar surface area (TPSA) is 48.4 Å². The van der Waals surface area contributed by atoms with E-state index in [2.05, 4.69) is 22.1 Å². The molecule has 1 fully saturated rings. The molecular formula is C14H19ClN4O2. The number of hydrogen-bond donors (Lipinski definition) is 0. The van der Waals surface area contributed by atoms with Crippen molar-refractivity contribution in [2.45, 2.75) is 6.04 Å². The lowest BCUT2D eigenvalue weighted by atomic mass is 10.1. The number of halogens is 1. The molecule has 0 radical (unpaired) electrons. The highest BCUT2D eigenvalue weighted by molar-refractivity contribution is 6.32. The molecule has 0 bridgehead atoms. The van der Waals surface area contributed by atoms with Gasteiger partial charge in [-0.2, -0.15) is 0 Å². The lowest BCUT2D eigenvalue weighted by molar-refractivity contribution is 0.131. The number of fused-ring (bicyclic) bond motifs is 1. The van der Waals surface area contributed by atoms with Crippen LogP contribution in [0, 0.1) is 4.91 Å². The van der Waals surface area contributed by atoms with Crippen LogP contribution in [0.1, 0.15) is 0 Å². The van der Waals surface area contributed by atoms with Crippen LogP contribution in [0.25, 0.3) is 0 Å². The Kier molecular flexibility index (Phi) is 4.28. The third-order valence-corrected chi connectivity index (χ3v) is 4.41. The number of ether oxygens (including phenoxy) is 1. The van der Waals surface area contributed by atoms with Gasteiger partial charge in [-0.15, -0.1) is 4.91 Å². The van der Waals surface area contributed by atoms with E-state index < -0.39 is 0 Å². The molecule has 1 aromatic carbocycles. The van der Waals surface area contributed by atoms with Crippen molar-refractivity contribution in [2.24, 2.45) is 5.29 Å². The molecule has 1 aromatic rings. The molecule has 0 aliphatic carbocycles. The predicted molar refractivity (Wildman–Crippen MR) is 82.9 cm³/mol. The first-order valence-corrected chi connectivity index (χ1v) is 7.51. The predicted octanol–water partition coefficient (Wildman–Crippen LogP) is 1.84. The second kappa shape index (κ2) is 6.17. The number of para-hydroxylation sites is 1. The third-order valence-electron chi connectivity index (χ3n) is 4.11.